The highest BCUT2D eigenvalue weighted by Crippen LogP contribution is 2.23. The SMILES string of the molecule is CCCCCCC/C=C\CCCCCCCC(=O)NC(COC1OC(CO)C(O)C(O)C1O)C(O)CCCCCCCCCCCCCCCCCCCCCC. The van der Waals surface area contributed by atoms with Gasteiger partial charge in [0, 0.05) is 6.42 Å². The highest BCUT2D eigenvalue weighted by Gasteiger charge is 2.44. The fraction of sp³-hybridized carbons (Fsp3) is 0.938. The van der Waals surface area contributed by atoms with Crippen molar-refractivity contribution >= 4 is 5.91 Å². The molecule has 1 amide bonds. The van der Waals surface area contributed by atoms with Crippen molar-refractivity contribution in [1.82, 2.24) is 5.32 Å². The molecule has 6 N–H and O–H groups in total. The second-order valence-electron chi connectivity index (χ2n) is 17.3. The van der Waals surface area contributed by atoms with Crippen molar-refractivity contribution in [2.45, 2.75) is 275 Å². The molecule has 0 bridgehead atoms. The minimum absolute atomic E-state index is 0.138. The second-order valence-corrected chi connectivity index (χ2v) is 17.3. The summed E-state index contributed by atoms with van der Waals surface area (Å²) in [5.74, 6) is -0.151. The Hall–Kier alpha value is -1.07. The fourth-order valence-corrected chi connectivity index (χ4v) is 7.92. The number of unbranched alkanes of at least 4 members (excludes halogenated alkanes) is 29. The summed E-state index contributed by atoms with van der Waals surface area (Å²) in [6.07, 6.45) is 37.9. The Balaban J connectivity index is 2.29. The van der Waals surface area contributed by atoms with Crippen LogP contribution in [0.5, 0.6) is 0 Å². The Morgan fingerprint density at radius 2 is 0.982 bits per heavy atom. The highest BCUT2D eigenvalue weighted by atomic mass is 16.7. The van der Waals surface area contributed by atoms with Crippen LogP contribution in [0.15, 0.2) is 12.2 Å². The number of nitrogens with one attached hydrogen (secondary N) is 1. The van der Waals surface area contributed by atoms with Gasteiger partial charge in [-0.2, -0.15) is 0 Å². The number of ether oxygens (including phenoxy) is 2. The van der Waals surface area contributed by atoms with Crippen LogP contribution in [0.4, 0.5) is 0 Å². The average Bonchev–Trinajstić information content (AvgIpc) is 3.21. The van der Waals surface area contributed by atoms with Gasteiger partial charge in [0.1, 0.15) is 24.4 Å². The highest BCUT2D eigenvalue weighted by molar-refractivity contribution is 5.76. The zero-order valence-corrected chi connectivity index (χ0v) is 37.1. The predicted molar refractivity (Wildman–Crippen MR) is 235 cm³/mol. The van der Waals surface area contributed by atoms with E-state index in [1.54, 1.807) is 0 Å². The zero-order chi connectivity index (χ0) is 41.6. The van der Waals surface area contributed by atoms with Gasteiger partial charge in [0.15, 0.2) is 6.29 Å². The van der Waals surface area contributed by atoms with Gasteiger partial charge >= 0.3 is 0 Å². The molecule has 338 valence electrons. The number of allylic oxidation sites excluding steroid dienone is 2. The first-order valence-electron chi connectivity index (χ1n) is 24.4. The van der Waals surface area contributed by atoms with E-state index in [4.69, 9.17) is 9.47 Å². The molecule has 0 aromatic heterocycles. The molecule has 0 saturated carbocycles. The number of hydrogen-bond donors (Lipinski definition) is 6. The Morgan fingerprint density at radius 3 is 1.42 bits per heavy atom. The number of carbonyl (C=O) groups excluding carboxylic acids is 1. The van der Waals surface area contributed by atoms with E-state index >= 15 is 0 Å². The van der Waals surface area contributed by atoms with Gasteiger partial charge in [0.05, 0.1) is 25.4 Å². The molecule has 1 heterocycles. The molecule has 7 unspecified atom stereocenters. The summed E-state index contributed by atoms with van der Waals surface area (Å²) < 4.78 is 11.3. The maximum absolute atomic E-state index is 13.0. The molecule has 9 nitrogen and oxygen atoms in total. The molecular weight excluding hydrogens is 719 g/mol. The molecule has 1 aliphatic rings. The number of hydrogen-bond acceptors (Lipinski definition) is 8. The summed E-state index contributed by atoms with van der Waals surface area (Å²) in [4.78, 5) is 13.0. The minimum Gasteiger partial charge on any atom is -0.394 e. The predicted octanol–water partition coefficient (Wildman–Crippen LogP) is 10.5. The third-order valence-corrected chi connectivity index (χ3v) is 11.9. The van der Waals surface area contributed by atoms with Crippen LogP contribution in [0.2, 0.25) is 0 Å². The van der Waals surface area contributed by atoms with E-state index in [-0.39, 0.29) is 12.5 Å². The zero-order valence-electron chi connectivity index (χ0n) is 37.1. The lowest BCUT2D eigenvalue weighted by atomic mass is 9.99. The first-order chi connectivity index (χ1) is 27.8. The molecule has 0 aliphatic carbocycles. The molecule has 0 aromatic carbocycles. The molecule has 9 heteroatoms. The summed E-state index contributed by atoms with van der Waals surface area (Å²) >= 11 is 0. The van der Waals surface area contributed by atoms with Gasteiger partial charge in [-0.15, -0.1) is 0 Å². The van der Waals surface area contributed by atoms with Crippen molar-refractivity contribution in [2.75, 3.05) is 13.2 Å². The Kier molecular flexibility index (Phi) is 37.0. The maximum atomic E-state index is 13.0. The lowest BCUT2D eigenvalue weighted by Crippen LogP contribution is -2.60. The summed E-state index contributed by atoms with van der Waals surface area (Å²) in [7, 11) is 0. The molecule has 57 heavy (non-hydrogen) atoms. The van der Waals surface area contributed by atoms with Gasteiger partial charge in [0.2, 0.25) is 5.91 Å². The standard InChI is InChI=1S/C48H93NO8/c1-3-5-7-9-11-13-15-17-19-20-21-22-23-24-25-27-29-31-33-35-37-42(51)41(40-56-48-47(55)46(54)45(53)43(39-50)57-48)49-44(52)38-36-34-32-30-28-26-18-16-14-12-10-8-6-4-2/h16,18,41-43,45-48,50-51,53-55H,3-15,17,19-40H2,1-2H3,(H,49,52)/b18-16-. The molecule has 1 rings (SSSR count). The lowest BCUT2D eigenvalue weighted by molar-refractivity contribution is -0.302. The van der Waals surface area contributed by atoms with Crippen molar-refractivity contribution in [3.63, 3.8) is 0 Å². The van der Waals surface area contributed by atoms with E-state index in [1.807, 2.05) is 0 Å². The van der Waals surface area contributed by atoms with E-state index < -0.39 is 49.5 Å². The van der Waals surface area contributed by atoms with E-state index in [9.17, 15) is 30.3 Å². The summed E-state index contributed by atoms with van der Waals surface area (Å²) in [6, 6.07) is -0.719. The topological polar surface area (TPSA) is 149 Å². The van der Waals surface area contributed by atoms with Gasteiger partial charge in [-0.1, -0.05) is 199 Å². The molecule has 7 atom stereocenters. The third kappa shape index (κ3) is 29.7. The van der Waals surface area contributed by atoms with E-state index in [2.05, 4.69) is 31.3 Å². The molecule has 0 aromatic rings. The molecule has 1 aliphatic heterocycles. The van der Waals surface area contributed by atoms with Gasteiger partial charge < -0.3 is 40.3 Å². The summed E-state index contributed by atoms with van der Waals surface area (Å²) in [5, 5.41) is 54.4. The van der Waals surface area contributed by atoms with Crippen LogP contribution in [-0.4, -0.2) is 87.5 Å². The van der Waals surface area contributed by atoms with Crippen molar-refractivity contribution < 1.29 is 39.8 Å². The number of aliphatic hydroxyl groups excluding tert-OH is 5. The molecule has 1 saturated heterocycles. The van der Waals surface area contributed by atoms with E-state index in [0.29, 0.717) is 12.8 Å². The van der Waals surface area contributed by atoms with Crippen LogP contribution in [-0.2, 0) is 14.3 Å². The largest absolute Gasteiger partial charge is 0.394 e. The Labute approximate surface area is 350 Å². The number of amides is 1. The van der Waals surface area contributed by atoms with Crippen LogP contribution in [0.1, 0.15) is 232 Å². The van der Waals surface area contributed by atoms with Gasteiger partial charge in [-0.05, 0) is 38.5 Å². The smallest absolute Gasteiger partial charge is 0.220 e. The summed E-state index contributed by atoms with van der Waals surface area (Å²) in [5.41, 5.74) is 0. The van der Waals surface area contributed by atoms with Crippen molar-refractivity contribution in [2.24, 2.45) is 0 Å². The van der Waals surface area contributed by atoms with Gasteiger partial charge in [0.25, 0.3) is 0 Å². The van der Waals surface area contributed by atoms with E-state index in [1.165, 1.54) is 154 Å². The first-order valence-corrected chi connectivity index (χ1v) is 24.4. The summed E-state index contributed by atoms with van der Waals surface area (Å²) in [6.45, 7) is 3.83. The van der Waals surface area contributed by atoms with Crippen LogP contribution < -0.4 is 5.32 Å². The van der Waals surface area contributed by atoms with Crippen molar-refractivity contribution in [3.05, 3.63) is 12.2 Å². The Morgan fingerprint density at radius 1 is 0.579 bits per heavy atom. The number of rotatable bonds is 41. The first kappa shape index (κ1) is 53.9. The van der Waals surface area contributed by atoms with Crippen LogP contribution >= 0.6 is 0 Å². The second kappa shape index (κ2) is 39.1. The molecular formula is C48H93NO8. The average molecular weight is 812 g/mol. The molecule has 0 radical (unpaired) electrons. The van der Waals surface area contributed by atoms with Crippen molar-refractivity contribution in [1.29, 1.82) is 0 Å². The fourth-order valence-electron chi connectivity index (χ4n) is 7.92. The van der Waals surface area contributed by atoms with Crippen molar-refractivity contribution in [3.8, 4) is 0 Å². The van der Waals surface area contributed by atoms with Crippen LogP contribution in [0, 0.1) is 0 Å². The van der Waals surface area contributed by atoms with E-state index in [0.717, 1.165) is 51.4 Å². The normalized spacial score (nSPS) is 21.0. The third-order valence-electron chi connectivity index (χ3n) is 11.9. The number of carbonyl (C=O) groups is 1. The Bertz CT molecular complexity index is 904. The van der Waals surface area contributed by atoms with Gasteiger partial charge in [-0.3, -0.25) is 4.79 Å². The monoisotopic (exact) mass is 812 g/mol. The van der Waals surface area contributed by atoms with Crippen LogP contribution in [0.3, 0.4) is 0 Å². The number of aliphatic hydroxyl groups is 5. The molecule has 0 spiro atoms. The maximum Gasteiger partial charge on any atom is 0.220 e. The lowest BCUT2D eigenvalue weighted by Gasteiger charge is -2.40. The van der Waals surface area contributed by atoms with Gasteiger partial charge in [-0.25, -0.2) is 0 Å². The quantitative estimate of drug-likeness (QED) is 0.0264. The van der Waals surface area contributed by atoms with Crippen LogP contribution in [0.25, 0.3) is 0 Å². The minimum atomic E-state index is -1.55. The molecule has 1 fully saturated rings.